The van der Waals surface area contributed by atoms with Crippen molar-refractivity contribution in [3.05, 3.63) is 21.9 Å². The van der Waals surface area contributed by atoms with Crippen molar-refractivity contribution in [1.82, 2.24) is 10.2 Å². The molecule has 0 aromatic carbocycles. The van der Waals surface area contributed by atoms with Crippen LogP contribution in [-0.2, 0) is 4.74 Å². The van der Waals surface area contributed by atoms with Gasteiger partial charge < -0.3 is 15.0 Å². The average Bonchev–Trinajstić information content (AvgIpc) is 2.66. The minimum Gasteiger partial charge on any atom is -0.444 e. The van der Waals surface area contributed by atoms with E-state index in [9.17, 15) is 4.79 Å². The molecule has 5 heteroatoms. The van der Waals surface area contributed by atoms with Crippen molar-refractivity contribution in [3.8, 4) is 0 Å². The summed E-state index contributed by atoms with van der Waals surface area (Å²) >= 11 is 1.78. The van der Waals surface area contributed by atoms with Gasteiger partial charge in [0, 0.05) is 30.1 Å². The summed E-state index contributed by atoms with van der Waals surface area (Å²) in [6, 6.07) is 2.84. The monoisotopic (exact) mass is 296 g/mol. The van der Waals surface area contributed by atoms with Gasteiger partial charge in [-0.2, -0.15) is 0 Å². The van der Waals surface area contributed by atoms with Crippen molar-refractivity contribution >= 4 is 17.4 Å². The van der Waals surface area contributed by atoms with Gasteiger partial charge in [-0.3, -0.25) is 0 Å². The number of rotatable bonds is 3. The fraction of sp³-hybridized carbons (Fsp3) is 0.667. The van der Waals surface area contributed by atoms with E-state index in [-0.39, 0.29) is 6.09 Å². The zero-order valence-corrected chi connectivity index (χ0v) is 13.7. The molecule has 2 heterocycles. The van der Waals surface area contributed by atoms with Crippen molar-refractivity contribution < 1.29 is 9.53 Å². The van der Waals surface area contributed by atoms with Gasteiger partial charge in [-0.1, -0.05) is 0 Å². The summed E-state index contributed by atoms with van der Waals surface area (Å²) in [5, 5.41) is 5.69. The summed E-state index contributed by atoms with van der Waals surface area (Å²) in [7, 11) is 0. The molecule has 1 aromatic heterocycles. The Labute approximate surface area is 125 Å². The predicted octanol–water partition coefficient (Wildman–Crippen LogP) is 3.33. The van der Waals surface area contributed by atoms with E-state index < -0.39 is 5.60 Å². The second-order valence-corrected chi connectivity index (χ2v) is 7.39. The van der Waals surface area contributed by atoms with Crippen LogP contribution in [0.2, 0.25) is 0 Å². The lowest BCUT2D eigenvalue weighted by atomic mass is 10.1. The summed E-state index contributed by atoms with van der Waals surface area (Å²) < 4.78 is 5.35. The van der Waals surface area contributed by atoms with Gasteiger partial charge in [-0.05, 0) is 51.6 Å². The summed E-state index contributed by atoms with van der Waals surface area (Å²) in [6.45, 7) is 11.4. The lowest BCUT2D eigenvalue weighted by Crippen LogP contribution is -2.60. The molecule has 0 aliphatic carbocycles. The summed E-state index contributed by atoms with van der Waals surface area (Å²) in [6.07, 6.45) is -0.212. The van der Waals surface area contributed by atoms with E-state index in [0.717, 1.165) is 13.1 Å². The van der Waals surface area contributed by atoms with Gasteiger partial charge in [0.2, 0.25) is 0 Å². The van der Waals surface area contributed by atoms with Crippen molar-refractivity contribution in [2.45, 2.75) is 52.3 Å². The van der Waals surface area contributed by atoms with E-state index in [1.54, 1.807) is 16.2 Å². The van der Waals surface area contributed by atoms with Gasteiger partial charge in [0.05, 0.1) is 0 Å². The summed E-state index contributed by atoms with van der Waals surface area (Å²) in [4.78, 5) is 15.0. The third-order valence-electron chi connectivity index (χ3n) is 3.31. The Hall–Kier alpha value is -1.07. The van der Waals surface area contributed by atoms with Crippen LogP contribution in [0.15, 0.2) is 11.4 Å². The van der Waals surface area contributed by atoms with Crippen molar-refractivity contribution in [1.29, 1.82) is 0 Å². The highest BCUT2D eigenvalue weighted by Gasteiger charge is 2.34. The third-order valence-corrected chi connectivity index (χ3v) is 4.52. The molecule has 1 aliphatic rings. The van der Waals surface area contributed by atoms with E-state index in [1.807, 2.05) is 20.8 Å². The molecule has 112 valence electrons. The smallest absolute Gasteiger partial charge is 0.410 e. The number of carbonyl (C=O) groups excluding carboxylic acids is 1. The third kappa shape index (κ3) is 3.73. The Morgan fingerprint density at radius 1 is 1.50 bits per heavy atom. The first-order valence-corrected chi connectivity index (χ1v) is 7.92. The standard InChI is InChI=1S/C15H24N2O2S/c1-10-6-7-20-13(10)11(2)16-12-8-17(9-12)14(18)19-15(3,4)5/h6-7,11-12,16H,8-9H2,1-5H3. The Bertz CT molecular complexity index is 472. The molecule has 2 rings (SSSR count). The molecular formula is C15H24N2O2S. The Morgan fingerprint density at radius 2 is 2.15 bits per heavy atom. The molecule has 0 bridgehead atoms. The number of ether oxygens (including phenoxy) is 1. The van der Waals surface area contributed by atoms with Gasteiger partial charge in [0.1, 0.15) is 5.60 Å². The molecule has 1 aliphatic heterocycles. The van der Waals surface area contributed by atoms with Crippen LogP contribution in [0.5, 0.6) is 0 Å². The van der Waals surface area contributed by atoms with Crippen LogP contribution < -0.4 is 5.32 Å². The fourth-order valence-electron chi connectivity index (χ4n) is 2.32. The molecule has 0 saturated carbocycles. The Balaban J connectivity index is 1.77. The lowest BCUT2D eigenvalue weighted by Gasteiger charge is -2.41. The molecule has 1 unspecified atom stereocenters. The Morgan fingerprint density at radius 3 is 2.65 bits per heavy atom. The van der Waals surface area contributed by atoms with Crippen molar-refractivity contribution in [2.24, 2.45) is 0 Å². The normalized spacial score (nSPS) is 17.8. The number of likely N-dealkylation sites (tertiary alicyclic amines) is 1. The first-order valence-electron chi connectivity index (χ1n) is 7.04. The molecule has 1 aromatic rings. The zero-order valence-electron chi connectivity index (χ0n) is 12.9. The second-order valence-electron chi connectivity index (χ2n) is 6.44. The number of carbonyl (C=O) groups is 1. The molecule has 1 amide bonds. The second kappa shape index (κ2) is 5.74. The van der Waals surface area contributed by atoms with Gasteiger partial charge >= 0.3 is 6.09 Å². The maximum Gasteiger partial charge on any atom is 0.410 e. The molecular weight excluding hydrogens is 272 g/mol. The zero-order chi connectivity index (χ0) is 14.9. The van der Waals surface area contributed by atoms with Crippen LogP contribution >= 0.6 is 11.3 Å². The van der Waals surface area contributed by atoms with Crippen molar-refractivity contribution in [3.63, 3.8) is 0 Å². The number of hydrogen-bond acceptors (Lipinski definition) is 4. The summed E-state index contributed by atoms with van der Waals surface area (Å²) in [5.74, 6) is 0. The SMILES string of the molecule is Cc1ccsc1C(C)NC1CN(C(=O)OC(C)(C)C)C1. The van der Waals surface area contributed by atoms with Crippen LogP contribution in [0.4, 0.5) is 4.79 Å². The van der Waals surface area contributed by atoms with Crippen LogP contribution in [0.3, 0.4) is 0 Å². The minimum absolute atomic E-state index is 0.212. The first kappa shape index (κ1) is 15.3. The molecule has 0 spiro atoms. The molecule has 0 radical (unpaired) electrons. The molecule has 1 N–H and O–H groups in total. The van der Waals surface area contributed by atoms with Crippen LogP contribution in [0.1, 0.15) is 44.2 Å². The largest absolute Gasteiger partial charge is 0.444 e. The number of thiophene rings is 1. The van der Waals surface area contributed by atoms with E-state index >= 15 is 0 Å². The van der Waals surface area contributed by atoms with E-state index in [2.05, 4.69) is 30.6 Å². The maximum absolute atomic E-state index is 11.8. The number of nitrogens with one attached hydrogen (secondary N) is 1. The molecule has 4 nitrogen and oxygen atoms in total. The number of amides is 1. The lowest BCUT2D eigenvalue weighted by molar-refractivity contribution is 0.00437. The minimum atomic E-state index is -0.420. The Kier molecular flexibility index (Phi) is 4.39. The quantitative estimate of drug-likeness (QED) is 0.930. The van der Waals surface area contributed by atoms with Gasteiger partial charge in [-0.25, -0.2) is 4.79 Å². The molecule has 1 fully saturated rings. The molecule has 20 heavy (non-hydrogen) atoms. The fourth-order valence-corrected chi connectivity index (χ4v) is 3.26. The van der Waals surface area contributed by atoms with Crippen molar-refractivity contribution in [2.75, 3.05) is 13.1 Å². The predicted molar refractivity (Wildman–Crippen MR) is 82.2 cm³/mol. The topological polar surface area (TPSA) is 41.6 Å². The van der Waals surface area contributed by atoms with Gasteiger partial charge in [-0.15, -0.1) is 11.3 Å². The van der Waals surface area contributed by atoms with E-state index in [4.69, 9.17) is 4.74 Å². The highest BCUT2D eigenvalue weighted by molar-refractivity contribution is 7.10. The number of nitrogens with zero attached hydrogens (tertiary/aromatic N) is 1. The summed E-state index contributed by atoms with van der Waals surface area (Å²) in [5.41, 5.74) is 0.912. The molecule has 1 saturated heterocycles. The highest BCUT2D eigenvalue weighted by Crippen LogP contribution is 2.25. The maximum atomic E-state index is 11.8. The number of aryl methyl sites for hydroxylation is 1. The van der Waals surface area contributed by atoms with Crippen LogP contribution in [0.25, 0.3) is 0 Å². The van der Waals surface area contributed by atoms with Crippen LogP contribution in [-0.4, -0.2) is 35.7 Å². The highest BCUT2D eigenvalue weighted by atomic mass is 32.1. The van der Waals surface area contributed by atoms with Gasteiger partial charge in [0.15, 0.2) is 0 Å². The van der Waals surface area contributed by atoms with E-state index in [0.29, 0.717) is 12.1 Å². The van der Waals surface area contributed by atoms with E-state index in [1.165, 1.54) is 10.4 Å². The first-order chi connectivity index (χ1) is 9.26. The van der Waals surface area contributed by atoms with Crippen LogP contribution in [0, 0.1) is 6.92 Å². The number of hydrogen-bond donors (Lipinski definition) is 1. The average molecular weight is 296 g/mol. The molecule has 1 atom stereocenters. The van der Waals surface area contributed by atoms with Gasteiger partial charge in [0.25, 0.3) is 0 Å².